The zero-order valence-corrected chi connectivity index (χ0v) is 7.71. The first-order valence-corrected chi connectivity index (χ1v) is 4.76. The zero-order valence-electron chi connectivity index (χ0n) is 7.71. The summed E-state index contributed by atoms with van der Waals surface area (Å²) in [5.74, 6) is 0.431. The van der Waals surface area contributed by atoms with E-state index in [4.69, 9.17) is 0 Å². The molecule has 0 radical (unpaired) electrons. The van der Waals surface area contributed by atoms with Crippen LogP contribution >= 0.6 is 0 Å². The summed E-state index contributed by atoms with van der Waals surface area (Å²) in [5, 5.41) is 9.66. The lowest BCUT2D eigenvalue weighted by atomic mass is 10.0. The highest BCUT2D eigenvalue weighted by Crippen LogP contribution is 2.29. The largest absolute Gasteiger partial charge is 0.508 e. The second kappa shape index (κ2) is 3.25. The van der Waals surface area contributed by atoms with Crippen LogP contribution in [0.3, 0.4) is 0 Å². The smallest absolute Gasteiger partial charge is 0.119 e. The average molecular weight is 174 g/mol. The molecule has 0 aromatic heterocycles. The van der Waals surface area contributed by atoms with E-state index in [1.807, 2.05) is 12.1 Å². The van der Waals surface area contributed by atoms with Crippen molar-refractivity contribution < 1.29 is 5.11 Å². The van der Waals surface area contributed by atoms with E-state index in [1.165, 1.54) is 24.0 Å². The van der Waals surface area contributed by atoms with Crippen molar-refractivity contribution in [2.24, 2.45) is 0 Å². The van der Waals surface area contributed by atoms with Gasteiger partial charge in [0.15, 0.2) is 0 Å². The van der Waals surface area contributed by atoms with Gasteiger partial charge in [-0.15, -0.1) is 6.58 Å². The molecule has 0 fully saturated rings. The van der Waals surface area contributed by atoms with Gasteiger partial charge in [0.2, 0.25) is 0 Å². The van der Waals surface area contributed by atoms with Gasteiger partial charge in [-0.05, 0) is 48.4 Å². The molecule has 1 aromatic carbocycles. The number of phenols is 1. The van der Waals surface area contributed by atoms with Crippen LogP contribution in [-0.2, 0) is 19.3 Å². The Morgan fingerprint density at radius 2 is 2.00 bits per heavy atom. The fourth-order valence-electron chi connectivity index (χ4n) is 1.98. The van der Waals surface area contributed by atoms with Gasteiger partial charge in [-0.2, -0.15) is 0 Å². The van der Waals surface area contributed by atoms with Crippen molar-refractivity contribution in [2.45, 2.75) is 25.7 Å². The van der Waals surface area contributed by atoms with Gasteiger partial charge in [0.1, 0.15) is 5.75 Å². The van der Waals surface area contributed by atoms with Gasteiger partial charge in [-0.1, -0.05) is 12.1 Å². The van der Waals surface area contributed by atoms with Gasteiger partial charge in [-0.25, -0.2) is 0 Å². The van der Waals surface area contributed by atoms with Crippen molar-refractivity contribution in [3.8, 4) is 5.75 Å². The number of allylic oxidation sites excluding steroid dienone is 1. The SMILES string of the molecule is C=CCc1cc2c(cc1O)CCC2. The molecule has 0 saturated heterocycles. The molecule has 1 aliphatic rings. The molecule has 0 aliphatic heterocycles. The van der Waals surface area contributed by atoms with E-state index >= 15 is 0 Å². The maximum absolute atomic E-state index is 9.66. The van der Waals surface area contributed by atoms with Gasteiger partial charge in [0.25, 0.3) is 0 Å². The lowest BCUT2D eigenvalue weighted by Crippen LogP contribution is -1.88. The van der Waals surface area contributed by atoms with Gasteiger partial charge in [0, 0.05) is 0 Å². The maximum atomic E-state index is 9.66. The highest BCUT2D eigenvalue weighted by Gasteiger charge is 2.13. The lowest BCUT2D eigenvalue weighted by molar-refractivity contribution is 0.469. The number of aromatic hydroxyl groups is 1. The van der Waals surface area contributed by atoms with E-state index in [2.05, 4.69) is 12.6 Å². The summed E-state index contributed by atoms with van der Waals surface area (Å²) in [6, 6.07) is 4.04. The standard InChI is InChI=1S/C12H14O/c1-2-4-11-7-9-5-3-6-10(9)8-12(11)13/h2,7-8,13H,1,3-6H2. The molecule has 1 aliphatic carbocycles. The molecule has 0 unspecified atom stereocenters. The van der Waals surface area contributed by atoms with Crippen LogP contribution in [0.25, 0.3) is 0 Å². The summed E-state index contributed by atoms with van der Waals surface area (Å²) in [5.41, 5.74) is 3.75. The van der Waals surface area contributed by atoms with Gasteiger partial charge in [0.05, 0.1) is 0 Å². The van der Waals surface area contributed by atoms with E-state index in [0.717, 1.165) is 18.4 Å². The number of aryl methyl sites for hydroxylation is 2. The monoisotopic (exact) mass is 174 g/mol. The van der Waals surface area contributed by atoms with E-state index < -0.39 is 0 Å². The summed E-state index contributed by atoms with van der Waals surface area (Å²) < 4.78 is 0. The minimum Gasteiger partial charge on any atom is -0.508 e. The van der Waals surface area contributed by atoms with Crippen molar-refractivity contribution >= 4 is 0 Å². The summed E-state index contributed by atoms with van der Waals surface area (Å²) >= 11 is 0. The molecule has 68 valence electrons. The number of hydrogen-bond donors (Lipinski definition) is 1. The highest BCUT2D eigenvalue weighted by atomic mass is 16.3. The first-order chi connectivity index (χ1) is 6.31. The van der Waals surface area contributed by atoms with Crippen LogP contribution in [0.2, 0.25) is 0 Å². The van der Waals surface area contributed by atoms with E-state index in [0.29, 0.717) is 5.75 Å². The Hall–Kier alpha value is -1.24. The number of hydrogen-bond acceptors (Lipinski definition) is 1. The van der Waals surface area contributed by atoms with Crippen molar-refractivity contribution in [3.63, 3.8) is 0 Å². The minimum atomic E-state index is 0.431. The topological polar surface area (TPSA) is 20.2 Å². The van der Waals surface area contributed by atoms with Gasteiger partial charge >= 0.3 is 0 Å². The molecular formula is C12H14O. The molecular weight excluding hydrogens is 160 g/mol. The Balaban J connectivity index is 2.42. The Bertz CT molecular complexity index is 339. The summed E-state index contributed by atoms with van der Waals surface area (Å²) in [4.78, 5) is 0. The van der Waals surface area contributed by atoms with Crippen LogP contribution in [0.15, 0.2) is 24.8 Å². The Kier molecular flexibility index (Phi) is 2.09. The molecule has 2 rings (SSSR count). The van der Waals surface area contributed by atoms with Crippen molar-refractivity contribution in [1.29, 1.82) is 0 Å². The Labute approximate surface area is 78.7 Å². The van der Waals surface area contributed by atoms with Crippen LogP contribution < -0.4 is 0 Å². The molecule has 0 saturated carbocycles. The van der Waals surface area contributed by atoms with Crippen molar-refractivity contribution in [3.05, 3.63) is 41.5 Å². The Morgan fingerprint density at radius 3 is 2.69 bits per heavy atom. The third kappa shape index (κ3) is 1.46. The van der Waals surface area contributed by atoms with Crippen LogP contribution in [-0.4, -0.2) is 5.11 Å². The molecule has 1 aromatic rings. The van der Waals surface area contributed by atoms with Crippen molar-refractivity contribution in [1.82, 2.24) is 0 Å². The third-order valence-corrected chi connectivity index (χ3v) is 2.66. The molecule has 0 spiro atoms. The Morgan fingerprint density at radius 1 is 1.31 bits per heavy atom. The third-order valence-electron chi connectivity index (χ3n) is 2.66. The average Bonchev–Trinajstić information content (AvgIpc) is 2.52. The second-order valence-electron chi connectivity index (χ2n) is 3.60. The van der Waals surface area contributed by atoms with Crippen LogP contribution in [0.1, 0.15) is 23.1 Å². The minimum absolute atomic E-state index is 0.431. The molecule has 0 bridgehead atoms. The van der Waals surface area contributed by atoms with E-state index in [9.17, 15) is 5.11 Å². The van der Waals surface area contributed by atoms with Gasteiger partial charge < -0.3 is 5.11 Å². The molecule has 0 heterocycles. The summed E-state index contributed by atoms with van der Waals surface area (Å²) in [6.45, 7) is 3.68. The molecule has 0 atom stereocenters. The lowest BCUT2D eigenvalue weighted by Gasteiger charge is -2.05. The predicted molar refractivity (Wildman–Crippen MR) is 54.0 cm³/mol. The fraction of sp³-hybridized carbons (Fsp3) is 0.333. The molecule has 0 amide bonds. The van der Waals surface area contributed by atoms with E-state index in [1.54, 1.807) is 0 Å². The fourth-order valence-corrected chi connectivity index (χ4v) is 1.98. The van der Waals surface area contributed by atoms with Crippen molar-refractivity contribution in [2.75, 3.05) is 0 Å². The molecule has 13 heavy (non-hydrogen) atoms. The predicted octanol–water partition coefficient (Wildman–Crippen LogP) is 2.61. The quantitative estimate of drug-likeness (QED) is 0.683. The normalized spacial score (nSPS) is 14.2. The van der Waals surface area contributed by atoms with Crippen LogP contribution in [0, 0.1) is 0 Å². The summed E-state index contributed by atoms with van der Waals surface area (Å²) in [6.07, 6.45) is 6.11. The zero-order chi connectivity index (χ0) is 9.26. The highest BCUT2D eigenvalue weighted by molar-refractivity contribution is 5.44. The number of fused-ring (bicyclic) bond motifs is 1. The van der Waals surface area contributed by atoms with Gasteiger partial charge in [-0.3, -0.25) is 0 Å². The maximum Gasteiger partial charge on any atom is 0.119 e. The van der Waals surface area contributed by atoms with E-state index in [-0.39, 0.29) is 0 Å². The first kappa shape index (κ1) is 8.36. The summed E-state index contributed by atoms with van der Waals surface area (Å²) in [7, 11) is 0. The molecule has 1 heteroatoms. The number of phenolic OH excluding ortho intramolecular Hbond substituents is 1. The number of benzene rings is 1. The molecule has 1 nitrogen and oxygen atoms in total. The molecule has 1 N–H and O–H groups in total. The van der Waals surface area contributed by atoms with Crippen LogP contribution in [0.5, 0.6) is 5.75 Å². The second-order valence-corrected chi connectivity index (χ2v) is 3.60. The number of rotatable bonds is 2. The van der Waals surface area contributed by atoms with Crippen LogP contribution in [0.4, 0.5) is 0 Å². The first-order valence-electron chi connectivity index (χ1n) is 4.76.